The molecule has 2 aromatic heterocycles. The summed E-state index contributed by atoms with van der Waals surface area (Å²) in [4.78, 5) is 16.2. The van der Waals surface area contributed by atoms with Gasteiger partial charge in [0.1, 0.15) is 0 Å². The minimum atomic E-state index is -0.362. The van der Waals surface area contributed by atoms with E-state index in [0.717, 1.165) is 16.8 Å². The number of hydrogen-bond donors (Lipinski definition) is 0. The predicted octanol–water partition coefficient (Wildman–Crippen LogP) is 3.74. The van der Waals surface area contributed by atoms with Crippen LogP contribution in [0.1, 0.15) is 21.6 Å². The van der Waals surface area contributed by atoms with Crippen LogP contribution in [-0.4, -0.2) is 33.0 Å². The lowest BCUT2D eigenvalue weighted by molar-refractivity contribution is 0.0600. The smallest absolute Gasteiger partial charge is 0.337 e. The summed E-state index contributed by atoms with van der Waals surface area (Å²) in [6.45, 7) is 2.46. The van der Waals surface area contributed by atoms with Gasteiger partial charge in [0.2, 0.25) is 5.82 Å². The number of carbonyl (C=O) groups is 1. The highest BCUT2D eigenvalue weighted by atomic mass is 16.5. The van der Waals surface area contributed by atoms with Gasteiger partial charge in [-0.15, -0.1) is 0 Å². The largest absolute Gasteiger partial charge is 0.465 e. The Morgan fingerprint density at radius 1 is 1.11 bits per heavy atom. The zero-order valence-electron chi connectivity index (χ0n) is 15.5. The number of rotatable bonds is 5. The lowest BCUT2D eigenvalue weighted by atomic mass is 10.1. The van der Waals surface area contributed by atoms with Gasteiger partial charge >= 0.3 is 5.97 Å². The summed E-state index contributed by atoms with van der Waals surface area (Å²) in [5.74, 6) is 0.525. The minimum Gasteiger partial charge on any atom is -0.465 e. The Morgan fingerprint density at radius 3 is 2.71 bits per heavy atom. The Labute approximate surface area is 161 Å². The van der Waals surface area contributed by atoms with Crippen LogP contribution in [0.4, 0.5) is 0 Å². The van der Waals surface area contributed by atoms with E-state index in [4.69, 9.17) is 9.26 Å². The Morgan fingerprint density at radius 2 is 1.93 bits per heavy atom. The van der Waals surface area contributed by atoms with E-state index in [0.29, 0.717) is 29.5 Å². The monoisotopic (exact) mass is 374 g/mol. The molecule has 0 saturated heterocycles. The SMILES string of the molecule is COC(=O)c1cccc(Cn2nc(-c3nc(-c4ccccc4)no3)cc2C)c1. The molecule has 0 atom stereocenters. The Balaban J connectivity index is 1.58. The third-order valence-electron chi connectivity index (χ3n) is 4.34. The fraction of sp³-hybridized carbons (Fsp3) is 0.143. The van der Waals surface area contributed by atoms with Gasteiger partial charge in [0.25, 0.3) is 5.89 Å². The Bertz CT molecular complexity index is 1120. The van der Waals surface area contributed by atoms with Crippen LogP contribution in [0, 0.1) is 6.92 Å². The molecular weight excluding hydrogens is 356 g/mol. The van der Waals surface area contributed by atoms with E-state index < -0.39 is 0 Å². The summed E-state index contributed by atoms with van der Waals surface area (Å²) in [7, 11) is 1.37. The van der Waals surface area contributed by atoms with Crippen molar-refractivity contribution in [2.24, 2.45) is 0 Å². The van der Waals surface area contributed by atoms with E-state index in [9.17, 15) is 4.79 Å². The highest BCUT2D eigenvalue weighted by Gasteiger charge is 2.15. The van der Waals surface area contributed by atoms with Gasteiger partial charge in [-0.2, -0.15) is 10.1 Å². The van der Waals surface area contributed by atoms with Gasteiger partial charge in [-0.3, -0.25) is 4.68 Å². The molecule has 0 unspecified atom stereocenters. The van der Waals surface area contributed by atoms with E-state index in [-0.39, 0.29) is 5.97 Å². The van der Waals surface area contributed by atoms with Crippen molar-refractivity contribution in [2.45, 2.75) is 13.5 Å². The molecular formula is C21H18N4O3. The van der Waals surface area contributed by atoms with Crippen molar-refractivity contribution in [1.29, 1.82) is 0 Å². The van der Waals surface area contributed by atoms with Crippen molar-refractivity contribution >= 4 is 5.97 Å². The molecule has 0 saturated carbocycles. The lowest BCUT2D eigenvalue weighted by Crippen LogP contribution is -2.06. The van der Waals surface area contributed by atoms with Crippen molar-refractivity contribution < 1.29 is 14.1 Å². The van der Waals surface area contributed by atoms with Crippen LogP contribution in [0.5, 0.6) is 0 Å². The van der Waals surface area contributed by atoms with E-state index in [2.05, 4.69) is 15.2 Å². The summed E-state index contributed by atoms with van der Waals surface area (Å²) in [6, 6.07) is 18.8. The molecule has 28 heavy (non-hydrogen) atoms. The molecule has 0 spiro atoms. The number of esters is 1. The maximum Gasteiger partial charge on any atom is 0.337 e. The second kappa shape index (κ2) is 7.48. The molecule has 2 heterocycles. The van der Waals surface area contributed by atoms with E-state index >= 15 is 0 Å². The van der Waals surface area contributed by atoms with Gasteiger partial charge < -0.3 is 9.26 Å². The van der Waals surface area contributed by atoms with Crippen molar-refractivity contribution in [3.05, 3.63) is 77.5 Å². The van der Waals surface area contributed by atoms with Gasteiger partial charge in [0.05, 0.1) is 19.2 Å². The van der Waals surface area contributed by atoms with Crippen molar-refractivity contribution in [2.75, 3.05) is 7.11 Å². The molecule has 2 aromatic carbocycles. The molecule has 7 nitrogen and oxygen atoms in total. The molecule has 0 N–H and O–H groups in total. The summed E-state index contributed by atoms with van der Waals surface area (Å²) >= 11 is 0. The normalized spacial score (nSPS) is 10.8. The number of aromatic nitrogens is 4. The molecule has 0 aliphatic carbocycles. The molecule has 140 valence electrons. The molecule has 0 amide bonds. The van der Waals surface area contributed by atoms with Crippen LogP contribution in [0.2, 0.25) is 0 Å². The molecule has 7 heteroatoms. The van der Waals surface area contributed by atoms with Gasteiger partial charge in [-0.05, 0) is 30.7 Å². The lowest BCUT2D eigenvalue weighted by Gasteiger charge is -2.06. The first kappa shape index (κ1) is 17.7. The third kappa shape index (κ3) is 3.55. The second-order valence-electron chi connectivity index (χ2n) is 6.31. The number of aryl methyl sites for hydroxylation is 1. The summed E-state index contributed by atoms with van der Waals surface area (Å²) in [5.41, 5.74) is 3.88. The fourth-order valence-corrected chi connectivity index (χ4v) is 2.89. The van der Waals surface area contributed by atoms with Crippen LogP contribution in [-0.2, 0) is 11.3 Å². The molecule has 4 rings (SSSR count). The Hall–Kier alpha value is -3.74. The molecule has 4 aromatic rings. The van der Waals surface area contributed by atoms with Crippen LogP contribution < -0.4 is 0 Å². The van der Waals surface area contributed by atoms with Crippen LogP contribution in [0.25, 0.3) is 23.0 Å². The first-order chi connectivity index (χ1) is 13.6. The number of methoxy groups -OCH3 is 1. The standard InChI is InChI=1S/C21H18N4O3/c1-14-11-18(20-22-19(24-28-20)16-8-4-3-5-9-16)23-25(14)13-15-7-6-10-17(12-15)21(26)27-2/h3-12H,13H2,1-2H3. The number of benzene rings is 2. The summed E-state index contributed by atoms with van der Waals surface area (Å²) in [5, 5.41) is 8.62. The van der Waals surface area contributed by atoms with Crippen molar-refractivity contribution in [1.82, 2.24) is 19.9 Å². The molecule has 0 aliphatic heterocycles. The van der Waals surface area contributed by atoms with Crippen LogP contribution >= 0.6 is 0 Å². The second-order valence-corrected chi connectivity index (χ2v) is 6.31. The van der Waals surface area contributed by atoms with E-state index in [1.165, 1.54) is 7.11 Å². The highest BCUT2D eigenvalue weighted by Crippen LogP contribution is 2.22. The third-order valence-corrected chi connectivity index (χ3v) is 4.34. The minimum absolute atomic E-state index is 0.362. The molecule has 0 bridgehead atoms. The number of nitrogens with zero attached hydrogens (tertiary/aromatic N) is 4. The first-order valence-corrected chi connectivity index (χ1v) is 8.75. The van der Waals surface area contributed by atoms with Crippen LogP contribution in [0.15, 0.2) is 65.2 Å². The van der Waals surface area contributed by atoms with Gasteiger partial charge in [-0.25, -0.2) is 4.79 Å². The van der Waals surface area contributed by atoms with Crippen molar-refractivity contribution in [3.63, 3.8) is 0 Å². The number of hydrogen-bond acceptors (Lipinski definition) is 6. The fourth-order valence-electron chi connectivity index (χ4n) is 2.89. The zero-order valence-corrected chi connectivity index (χ0v) is 15.5. The average Bonchev–Trinajstić information content (AvgIpc) is 3.36. The maximum atomic E-state index is 11.7. The van der Waals surface area contributed by atoms with Gasteiger partial charge in [-0.1, -0.05) is 47.6 Å². The maximum absolute atomic E-state index is 11.7. The zero-order chi connectivity index (χ0) is 19.5. The molecule has 0 aliphatic rings. The van der Waals surface area contributed by atoms with E-state index in [1.807, 2.05) is 60.1 Å². The Kier molecular flexibility index (Phi) is 4.72. The first-order valence-electron chi connectivity index (χ1n) is 8.75. The highest BCUT2D eigenvalue weighted by molar-refractivity contribution is 5.89. The number of carbonyl (C=O) groups excluding carboxylic acids is 1. The molecule has 0 fully saturated rings. The summed E-state index contributed by atoms with van der Waals surface area (Å²) in [6.07, 6.45) is 0. The van der Waals surface area contributed by atoms with Gasteiger partial charge in [0.15, 0.2) is 5.69 Å². The van der Waals surface area contributed by atoms with Crippen molar-refractivity contribution in [3.8, 4) is 23.0 Å². The predicted molar refractivity (Wildman–Crippen MR) is 103 cm³/mol. The number of ether oxygens (including phenoxy) is 1. The molecule has 0 radical (unpaired) electrons. The quantitative estimate of drug-likeness (QED) is 0.495. The summed E-state index contributed by atoms with van der Waals surface area (Å²) < 4.78 is 12.0. The van der Waals surface area contributed by atoms with Crippen LogP contribution in [0.3, 0.4) is 0 Å². The van der Waals surface area contributed by atoms with Gasteiger partial charge in [0, 0.05) is 11.3 Å². The van der Waals surface area contributed by atoms with E-state index in [1.54, 1.807) is 12.1 Å². The topological polar surface area (TPSA) is 83.0 Å². The average molecular weight is 374 g/mol.